The topological polar surface area (TPSA) is 3.24 Å². The van der Waals surface area contributed by atoms with Gasteiger partial charge in [-0.15, -0.1) is 0 Å². The van der Waals surface area contributed by atoms with E-state index in [9.17, 15) is 0 Å². The fourth-order valence-corrected chi connectivity index (χ4v) is 1.49. The second kappa shape index (κ2) is 7.43. The molecular formula is C9H10NRbS2. The van der Waals surface area contributed by atoms with Gasteiger partial charge in [-0.25, -0.2) is 0 Å². The number of hydrogen-bond donors (Lipinski definition) is 0. The zero-order chi connectivity index (χ0) is 8.97. The SMILES string of the molecule is CCN(C(=S)[S-])c1ccccc1.[Rb+]. The third-order valence-corrected chi connectivity index (χ3v) is 2.05. The van der Waals surface area contributed by atoms with E-state index >= 15 is 0 Å². The minimum absolute atomic E-state index is 0. The van der Waals surface area contributed by atoms with Crippen LogP contribution in [-0.2, 0) is 12.6 Å². The van der Waals surface area contributed by atoms with Gasteiger partial charge in [0.15, 0.2) is 0 Å². The number of para-hydroxylation sites is 1. The van der Waals surface area contributed by atoms with E-state index in [2.05, 4.69) is 0 Å². The van der Waals surface area contributed by atoms with Gasteiger partial charge in [-0.3, -0.25) is 0 Å². The molecule has 0 saturated heterocycles. The monoisotopic (exact) mass is 281 g/mol. The summed E-state index contributed by atoms with van der Waals surface area (Å²) < 4.78 is 0.503. The molecule has 64 valence electrons. The van der Waals surface area contributed by atoms with Crippen molar-refractivity contribution in [3.63, 3.8) is 0 Å². The smallest absolute Gasteiger partial charge is 0.411 e. The Kier molecular flexibility index (Phi) is 8.08. The number of hydrogen-bond acceptors (Lipinski definition) is 2. The first kappa shape index (κ1) is 14.1. The molecule has 0 unspecified atom stereocenters. The van der Waals surface area contributed by atoms with E-state index in [1.54, 1.807) is 0 Å². The van der Waals surface area contributed by atoms with Crippen molar-refractivity contribution >= 4 is 34.9 Å². The number of rotatable bonds is 2. The zero-order valence-electron chi connectivity index (χ0n) is 7.86. The second-order valence-corrected chi connectivity index (χ2v) is 3.38. The molecule has 13 heavy (non-hydrogen) atoms. The van der Waals surface area contributed by atoms with Crippen molar-refractivity contribution in [3.8, 4) is 0 Å². The van der Waals surface area contributed by atoms with Gasteiger partial charge in [0.2, 0.25) is 0 Å². The molecule has 0 radical (unpaired) electrons. The van der Waals surface area contributed by atoms with Crippen LogP contribution in [0.15, 0.2) is 30.3 Å². The molecule has 1 aromatic rings. The maximum Gasteiger partial charge on any atom is 1.00 e. The van der Waals surface area contributed by atoms with E-state index < -0.39 is 0 Å². The first-order valence-electron chi connectivity index (χ1n) is 3.79. The quantitative estimate of drug-likeness (QED) is 0.524. The van der Waals surface area contributed by atoms with E-state index in [1.807, 2.05) is 42.2 Å². The van der Waals surface area contributed by atoms with Gasteiger partial charge < -0.3 is 29.7 Å². The summed E-state index contributed by atoms with van der Waals surface area (Å²) in [6, 6.07) is 9.94. The molecule has 1 aromatic carbocycles. The van der Waals surface area contributed by atoms with Crippen molar-refractivity contribution < 1.29 is 58.2 Å². The Morgan fingerprint density at radius 2 is 1.92 bits per heavy atom. The standard InChI is InChI=1S/C9H11NS2.Rb/c1-2-10(9(11)12)8-6-4-3-5-7-8;/h3-7H,2H2,1H3,(H,11,12);/q;+1/p-1. The van der Waals surface area contributed by atoms with Crippen molar-refractivity contribution in [2.24, 2.45) is 0 Å². The third kappa shape index (κ3) is 4.45. The van der Waals surface area contributed by atoms with Crippen LogP contribution >= 0.6 is 12.2 Å². The average Bonchev–Trinajstić information content (AvgIpc) is 2.07. The van der Waals surface area contributed by atoms with Crippen LogP contribution in [0.4, 0.5) is 5.69 Å². The average molecular weight is 282 g/mol. The van der Waals surface area contributed by atoms with E-state index in [0.717, 1.165) is 12.2 Å². The van der Waals surface area contributed by atoms with E-state index in [0.29, 0.717) is 4.32 Å². The Balaban J connectivity index is 0.00000144. The Bertz CT molecular complexity index is 264. The zero-order valence-corrected chi connectivity index (χ0v) is 14.4. The van der Waals surface area contributed by atoms with Crippen molar-refractivity contribution in [1.29, 1.82) is 0 Å². The summed E-state index contributed by atoms with van der Waals surface area (Å²) in [5, 5.41) is 0. The van der Waals surface area contributed by atoms with Crippen LogP contribution in [0.3, 0.4) is 0 Å². The van der Waals surface area contributed by atoms with Gasteiger partial charge in [0, 0.05) is 12.2 Å². The van der Waals surface area contributed by atoms with Crippen LogP contribution in [0.2, 0.25) is 0 Å². The molecule has 0 heterocycles. The summed E-state index contributed by atoms with van der Waals surface area (Å²) in [4.78, 5) is 1.92. The van der Waals surface area contributed by atoms with Crippen molar-refractivity contribution in [3.05, 3.63) is 30.3 Å². The predicted octanol–water partition coefficient (Wildman–Crippen LogP) is -0.651. The Labute approximate surface area is 139 Å². The van der Waals surface area contributed by atoms with Gasteiger partial charge in [-0.1, -0.05) is 22.5 Å². The van der Waals surface area contributed by atoms with Crippen LogP contribution in [0.25, 0.3) is 0 Å². The molecule has 0 fully saturated rings. The summed E-state index contributed by atoms with van der Waals surface area (Å²) in [5.74, 6) is 0. The summed E-state index contributed by atoms with van der Waals surface area (Å²) in [6.07, 6.45) is 0. The van der Waals surface area contributed by atoms with Gasteiger partial charge in [-0.2, -0.15) is 0 Å². The van der Waals surface area contributed by atoms with E-state index in [1.165, 1.54) is 0 Å². The molecule has 0 aromatic heterocycles. The van der Waals surface area contributed by atoms with Crippen LogP contribution in [0, 0.1) is 0 Å². The molecule has 0 aliphatic heterocycles. The van der Waals surface area contributed by atoms with Crippen LogP contribution in [0.1, 0.15) is 6.92 Å². The summed E-state index contributed by atoms with van der Waals surface area (Å²) in [6.45, 7) is 2.86. The van der Waals surface area contributed by atoms with Gasteiger partial charge in [0.25, 0.3) is 0 Å². The van der Waals surface area contributed by atoms with Gasteiger partial charge in [0.1, 0.15) is 0 Å². The Hall–Kier alpha value is 1.14. The first-order chi connectivity index (χ1) is 5.75. The van der Waals surface area contributed by atoms with Crippen molar-refractivity contribution in [1.82, 2.24) is 0 Å². The Morgan fingerprint density at radius 3 is 2.31 bits per heavy atom. The molecule has 0 spiro atoms. The van der Waals surface area contributed by atoms with Crippen molar-refractivity contribution in [2.45, 2.75) is 6.92 Å². The maximum absolute atomic E-state index is 4.94. The molecule has 4 heteroatoms. The fraction of sp³-hybridized carbons (Fsp3) is 0.222. The molecule has 0 amide bonds. The Morgan fingerprint density at radius 1 is 1.38 bits per heavy atom. The first-order valence-corrected chi connectivity index (χ1v) is 4.61. The number of anilines is 1. The molecule has 0 saturated carbocycles. The minimum atomic E-state index is 0. The van der Waals surface area contributed by atoms with Gasteiger partial charge in [-0.05, 0) is 19.1 Å². The fourth-order valence-electron chi connectivity index (χ4n) is 1.03. The molecule has 0 aliphatic carbocycles. The molecule has 0 atom stereocenters. The molecule has 1 rings (SSSR count). The van der Waals surface area contributed by atoms with Gasteiger partial charge in [0.05, 0.1) is 0 Å². The predicted molar refractivity (Wildman–Crippen MR) is 59.4 cm³/mol. The van der Waals surface area contributed by atoms with E-state index in [-0.39, 0.29) is 58.2 Å². The number of benzene rings is 1. The summed E-state index contributed by atoms with van der Waals surface area (Å²) in [5.41, 5.74) is 1.07. The van der Waals surface area contributed by atoms with Crippen molar-refractivity contribution in [2.75, 3.05) is 11.4 Å². The molecular weight excluding hydrogens is 272 g/mol. The van der Waals surface area contributed by atoms with E-state index in [4.69, 9.17) is 24.8 Å². The molecule has 0 N–H and O–H groups in total. The van der Waals surface area contributed by atoms with Gasteiger partial charge >= 0.3 is 58.2 Å². The minimum Gasteiger partial charge on any atom is -0.411 e. The third-order valence-electron chi connectivity index (χ3n) is 1.60. The maximum atomic E-state index is 4.94. The van der Waals surface area contributed by atoms with Crippen LogP contribution in [-0.4, -0.2) is 10.9 Å². The molecule has 1 nitrogen and oxygen atoms in total. The molecule has 0 bridgehead atoms. The molecule has 0 aliphatic rings. The summed E-state index contributed by atoms with van der Waals surface area (Å²) >= 11 is 9.88. The normalized spacial score (nSPS) is 8.69. The number of nitrogens with zero attached hydrogens (tertiary/aromatic N) is 1. The summed E-state index contributed by atoms with van der Waals surface area (Å²) in [7, 11) is 0. The largest absolute Gasteiger partial charge is 1.00 e. The van der Waals surface area contributed by atoms with Crippen LogP contribution in [0.5, 0.6) is 0 Å². The number of thiocarbonyl (C=S) groups is 1. The van der Waals surface area contributed by atoms with Crippen LogP contribution < -0.4 is 63.1 Å². The second-order valence-electron chi connectivity index (χ2n) is 2.35.